The van der Waals surface area contributed by atoms with Crippen LogP contribution in [0.4, 0.5) is 4.79 Å². The van der Waals surface area contributed by atoms with E-state index in [1.165, 1.54) is 0 Å². The number of benzene rings is 2. The van der Waals surface area contributed by atoms with E-state index in [0.717, 1.165) is 49.0 Å². The van der Waals surface area contributed by atoms with Crippen LogP contribution in [0.3, 0.4) is 0 Å². The van der Waals surface area contributed by atoms with Crippen molar-refractivity contribution < 1.29 is 9.90 Å². The van der Waals surface area contributed by atoms with Crippen LogP contribution in [0.25, 0.3) is 11.0 Å². The second-order valence-electron chi connectivity index (χ2n) is 7.97. The first kappa shape index (κ1) is 20.4. The van der Waals surface area contributed by atoms with Crippen LogP contribution in [-0.4, -0.2) is 51.8 Å². The second-order valence-corrected chi connectivity index (χ2v) is 7.97. The van der Waals surface area contributed by atoms with E-state index in [0.29, 0.717) is 23.5 Å². The number of aromatic nitrogens is 2. The number of aromatic amines is 1. The molecule has 1 amide bonds. The Kier molecular flexibility index (Phi) is 6.30. The molecule has 1 aromatic heterocycles. The minimum absolute atomic E-state index is 0.383. The molecular formula is C23H28N4O3. The molecule has 0 aliphatic carbocycles. The van der Waals surface area contributed by atoms with Gasteiger partial charge in [-0.15, -0.1) is 0 Å². The highest BCUT2D eigenvalue weighted by molar-refractivity contribution is 5.88. The van der Waals surface area contributed by atoms with Crippen molar-refractivity contribution in [3.05, 3.63) is 70.6 Å². The largest absolute Gasteiger partial charge is 0.388 e. The van der Waals surface area contributed by atoms with Crippen LogP contribution in [0.15, 0.2) is 59.4 Å². The standard InChI is InChI=1S/C23H28N4O3/c28-21(18-6-2-1-3-7-18)12-15-26-13-10-17(11-14-26)16-24-22(29)27-20-9-5-4-8-19(20)25-23(27)30/h1-9,17,21,28H,10-16H2,(H,24,29)(H,25,30). The number of imidazole rings is 1. The third-order valence-corrected chi connectivity index (χ3v) is 5.94. The number of aliphatic hydroxyl groups excluding tert-OH is 1. The summed E-state index contributed by atoms with van der Waals surface area (Å²) in [6, 6.07) is 16.6. The number of nitrogens with one attached hydrogen (secondary N) is 2. The van der Waals surface area contributed by atoms with Crippen molar-refractivity contribution in [2.45, 2.75) is 25.4 Å². The molecule has 3 aromatic rings. The van der Waals surface area contributed by atoms with Crippen LogP contribution >= 0.6 is 0 Å². The molecule has 0 bridgehead atoms. The molecule has 7 heteroatoms. The molecule has 0 spiro atoms. The molecule has 2 aromatic carbocycles. The zero-order chi connectivity index (χ0) is 20.9. The first-order chi connectivity index (χ1) is 14.6. The van der Waals surface area contributed by atoms with Gasteiger partial charge in [0.1, 0.15) is 0 Å². The van der Waals surface area contributed by atoms with Crippen LogP contribution in [0.1, 0.15) is 30.9 Å². The third-order valence-electron chi connectivity index (χ3n) is 5.94. The first-order valence-electron chi connectivity index (χ1n) is 10.5. The van der Waals surface area contributed by atoms with Gasteiger partial charge in [-0.25, -0.2) is 14.2 Å². The lowest BCUT2D eigenvalue weighted by Crippen LogP contribution is -2.41. The molecule has 0 radical (unpaired) electrons. The van der Waals surface area contributed by atoms with Crippen LogP contribution in [0, 0.1) is 5.92 Å². The number of nitrogens with zero attached hydrogens (tertiary/aromatic N) is 2. The zero-order valence-electron chi connectivity index (χ0n) is 17.0. The van der Waals surface area contributed by atoms with E-state index in [1.807, 2.05) is 42.5 Å². The molecule has 1 atom stereocenters. The molecule has 1 unspecified atom stereocenters. The Labute approximate surface area is 175 Å². The Bertz CT molecular complexity index is 1040. The van der Waals surface area contributed by atoms with Gasteiger partial charge in [0.15, 0.2) is 0 Å². The molecule has 1 aliphatic rings. The Hall–Kier alpha value is -2.90. The van der Waals surface area contributed by atoms with Gasteiger partial charge in [0.25, 0.3) is 0 Å². The van der Waals surface area contributed by atoms with Gasteiger partial charge in [-0.1, -0.05) is 42.5 Å². The minimum Gasteiger partial charge on any atom is -0.388 e. The fourth-order valence-corrected chi connectivity index (χ4v) is 4.13. The SMILES string of the molecule is O=C(NCC1CCN(CCC(O)c2ccccc2)CC1)n1c(=O)[nH]c2ccccc21. The molecule has 1 saturated heterocycles. The first-order valence-corrected chi connectivity index (χ1v) is 10.5. The number of piperidine rings is 1. The van der Waals surface area contributed by atoms with E-state index in [9.17, 15) is 14.7 Å². The Morgan fingerprint density at radius 2 is 1.80 bits per heavy atom. The van der Waals surface area contributed by atoms with Gasteiger partial charge in [0, 0.05) is 13.1 Å². The topological polar surface area (TPSA) is 90.4 Å². The molecule has 4 rings (SSSR count). The highest BCUT2D eigenvalue weighted by Gasteiger charge is 2.21. The summed E-state index contributed by atoms with van der Waals surface area (Å²) in [5, 5.41) is 13.3. The van der Waals surface area contributed by atoms with Crippen molar-refractivity contribution in [3.63, 3.8) is 0 Å². The molecule has 158 valence electrons. The number of rotatable bonds is 6. The van der Waals surface area contributed by atoms with E-state index in [4.69, 9.17) is 0 Å². The van der Waals surface area contributed by atoms with Crippen molar-refractivity contribution >= 4 is 17.1 Å². The summed E-state index contributed by atoms with van der Waals surface area (Å²) in [5.74, 6) is 0.394. The molecule has 0 saturated carbocycles. The Morgan fingerprint density at radius 3 is 2.57 bits per heavy atom. The quantitative estimate of drug-likeness (QED) is 0.585. The molecule has 3 N–H and O–H groups in total. The van der Waals surface area contributed by atoms with Gasteiger partial charge in [-0.2, -0.15) is 0 Å². The number of amides is 1. The molecule has 1 fully saturated rings. The van der Waals surface area contributed by atoms with Crippen LogP contribution in [0.5, 0.6) is 0 Å². The number of likely N-dealkylation sites (tertiary alicyclic amines) is 1. The van der Waals surface area contributed by atoms with Crippen LogP contribution in [0.2, 0.25) is 0 Å². The monoisotopic (exact) mass is 408 g/mol. The van der Waals surface area contributed by atoms with Gasteiger partial charge >= 0.3 is 11.7 Å². The maximum atomic E-state index is 12.6. The Morgan fingerprint density at radius 1 is 1.10 bits per heavy atom. The highest BCUT2D eigenvalue weighted by Crippen LogP contribution is 2.20. The zero-order valence-corrected chi connectivity index (χ0v) is 17.0. The minimum atomic E-state index is -0.433. The number of H-pyrrole nitrogens is 1. The number of fused-ring (bicyclic) bond motifs is 1. The smallest absolute Gasteiger partial charge is 0.334 e. The lowest BCUT2D eigenvalue weighted by atomic mass is 9.96. The lowest BCUT2D eigenvalue weighted by molar-refractivity contribution is 0.123. The number of para-hydroxylation sites is 2. The molecule has 7 nitrogen and oxygen atoms in total. The predicted octanol–water partition coefficient (Wildman–Crippen LogP) is 2.72. The van der Waals surface area contributed by atoms with Crippen LogP contribution < -0.4 is 11.0 Å². The maximum Gasteiger partial charge on any atom is 0.334 e. The fourth-order valence-electron chi connectivity index (χ4n) is 4.13. The average Bonchev–Trinajstić information content (AvgIpc) is 3.13. The van der Waals surface area contributed by atoms with Gasteiger partial charge in [0.05, 0.1) is 17.1 Å². The highest BCUT2D eigenvalue weighted by atomic mass is 16.3. The van der Waals surface area contributed by atoms with Crippen molar-refractivity contribution in [1.29, 1.82) is 0 Å². The van der Waals surface area contributed by atoms with E-state index in [1.54, 1.807) is 12.1 Å². The fraction of sp³-hybridized carbons (Fsp3) is 0.391. The average molecular weight is 409 g/mol. The summed E-state index contributed by atoms with van der Waals surface area (Å²) >= 11 is 0. The number of aliphatic hydroxyl groups is 1. The number of hydrogen-bond donors (Lipinski definition) is 3. The summed E-state index contributed by atoms with van der Waals surface area (Å²) < 4.78 is 1.16. The normalized spacial score (nSPS) is 16.6. The van der Waals surface area contributed by atoms with Crippen molar-refractivity contribution in [2.75, 3.05) is 26.2 Å². The molecule has 2 heterocycles. The van der Waals surface area contributed by atoms with E-state index in [-0.39, 0.29) is 6.03 Å². The van der Waals surface area contributed by atoms with Crippen molar-refractivity contribution in [2.24, 2.45) is 5.92 Å². The van der Waals surface area contributed by atoms with Gasteiger partial charge < -0.3 is 20.3 Å². The summed E-state index contributed by atoms with van der Waals surface area (Å²) in [7, 11) is 0. The summed E-state index contributed by atoms with van der Waals surface area (Å²) in [4.78, 5) is 29.8. The van der Waals surface area contributed by atoms with Crippen molar-refractivity contribution in [3.8, 4) is 0 Å². The van der Waals surface area contributed by atoms with E-state index >= 15 is 0 Å². The summed E-state index contributed by atoms with van der Waals surface area (Å²) in [6.45, 7) is 3.33. The maximum absolute atomic E-state index is 12.6. The second kappa shape index (κ2) is 9.28. The predicted molar refractivity (Wildman–Crippen MR) is 117 cm³/mol. The van der Waals surface area contributed by atoms with E-state index in [2.05, 4.69) is 15.2 Å². The van der Waals surface area contributed by atoms with E-state index < -0.39 is 11.8 Å². The molecule has 1 aliphatic heterocycles. The summed E-state index contributed by atoms with van der Waals surface area (Å²) in [6.07, 6.45) is 2.27. The van der Waals surface area contributed by atoms with Gasteiger partial charge in [-0.05, 0) is 56.0 Å². The number of carbonyl (C=O) groups excluding carboxylic acids is 1. The van der Waals surface area contributed by atoms with Gasteiger partial charge in [0.2, 0.25) is 0 Å². The third kappa shape index (κ3) is 4.63. The lowest BCUT2D eigenvalue weighted by Gasteiger charge is -2.32. The van der Waals surface area contributed by atoms with Gasteiger partial charge in [-0.3, -0.25) is 0 Å². The van der Waals surface area contributed by atoms with Crippen LogP contribution in [-0.2, 0) is 0 Å². The number of carbonyl (C=O) groups is 1. The summed E-state index contributed by atoms with van der Waals surface area (Å²) in [5.41, 5.74) is 1.79. The molecule has 30 heavy (non-hydrogen) atoms. The number of hydrogen-bond acceptors (Lipinski definition) is 4. The van der Waals surface area contributed by atoms with Crippen molar-refractivity contribution in [1.82, 2.24) is 19.8 Å². The Balaban J connectivity index is 1.23. The molecular weight excluding hydrogens is 380 g/mol.